The number of hydrogen-bond donors (Lipinski definition) is 0. The molecule has 3 aliphatic rings. The van der Waals surface area contributed by atoms with Crippen molar-refractivity contribution in [2.24, 2.45) is 0 Å². The molecule has 0 N–H and O–H groups in total. The number of fused-ring (bicyclic) bond motifs is 1. The summed E-state index contributed by atoms with van der Waals surface area (Å²) in [7, 11) is 0. The van der Waals surface area contributed by atoms with E-state index >= 15 is 0 Å². The van der Waals surface area contributed by atoms with Gasteiger partial charge in [-0.1, -0.05) is 50.6 Å². The van der Waals surface area contributed by atoms with Crippen LogP contribution >= 0.6 is 0 Å². The Balaban J connectivity index is 1.62. The first-order valence-corrected chi connectivity index (χ1v) is 10.1. The van der Waals surface area contributed by atoms with Crippen LogP contribution in [-0.2, 0) is 30.2 Å². The van der Waals surface area contributed by atoms with Crippen LogP contribution in [0.4, 0.5) is 0 Å². The average molecular weight is 373 g/mol. The topological polar surface area (TPSA) is 61.8 Å². The summed E-state index contributed by atoms with van der Waals surface area (Å²) in [5.41, 5.74) is 1.13. The molecule has 1 saturated carbocycles. The summed E-state index contributed by atoms with van der Waals surface area (Å²) in [6, 6.07) is 10.2. The predicted octanol–water partition coefficient (Wildman–Crippen LogP) is 2.79. The Labute approximate surface area is 160 Å². The van der Waals surface area contributed by atoms with Crippen LogP contribution in [0.2, 0.25) is 5.82 Å². The Bertz CT molecular complexity index is 704. The van der Waals surface area contributed by atoms with Gasteiger partial charge in [-0.3, -0.25) is 9.59 Å². The SMILES string of the molecule is CC[C@H](C)[B-]12OC(=O)C[N+]1([C@H]1CCC[C@@H]1OCc1ccccc1)CC(=O)O2. The highest BCUT2D eigenvalue weighted by molar-refractivity contribution is 6.67. The zero-order valence-corrected chi connectivity index (χ0v) is 16.1. The van der Waals surface area contributed by atoms with E-state index in [0.717, 1.165) is 31.2 Å². The second-order valence-corrected chi connectivity index (χ2v) is 8.35. The normalized spacial score (nSPS) is 36.4. The summed E-state index contributed by atoms with van der Waals surface area (Å²) in [6.07, 6.45) is 3.68. The van der Waals surface area contributed by atoms with Crippen molar-refractivity contribution in [3.63, 3.8) is 0 Å². The van der Waals surface area contributed by atoms with Crippen molar-refractivity contribution < 1.29 is 28.0 Å². The Morgan fingerprint density at radius 1 is 1.15 bits per heavy atom. The van der Waals surface area contributed by atoms with Gasteiger partial charge in [-0.05, 0) is 30.6 Å². The molecular weight excluding hydrogens is 345 g/mol. The molecule has 3 fully saturated rings. The Morgan fingerprint density at radius 3 is 2.44 bits per heavy atom. The highest BCUT2D eigenvalue weighted by atomic mass is 16.7. The van der Waals surface area contributed by atoms with Crippen LogP contribution in [0, 0.1) is 0 Å². The van der Waals surface area contributed by atoms with Gasteiger partial charge in [-0.2, -0.15) is 0 Å². The monoisotopic (exact) mass is 373 g/mol. The maximum atomic E-state index is 12.4. The molecule has 0 bridgehead atoms. The molecule has 7 heteroatoms. The lowest BCUT2D eigenvalue weighted by atomic mass is 9.54. The molecular formula is C20H28BNO5. The van der Waals surface area contributed by atoms with Crippen molar-refractivity contribution in [3.8, 4) is 0 Å². The van der Waals surface area contributed by atoms with Gasteiger partial charge in [0.05, 0.1) is 12.6 Å². The lowest BCUT2D eigenvalue weighted by Gasteiger charge is -2.51. The molecule has 2 saturated heterocycles. The number of quaternary nitrogens is 1. The molecule has 0 amide bonds. The molecule has 146 valence electrons. The molecule has 3 atom stereocenters. The Kier molecular flexibility index (Phi) is 4.76. The highest BCUT2D eigenvalue weighted by Gasteiger charge is 2.72. The van der Waals surface area contributed by atoms with Crippen LogP contribution in [0.3, 0.4) is 0 Å². The molecule has 2 heterocycles. The molecule has 4 rings (SSSR count). The maximum Gasteiger partial charge on any atom is 0.587 e. The van der Waals surface area contributed by atoms with Crippen molar-refractivity contribution in [3.05, 3.63) is 35.9 Å². The highest BCUT2D eigenvalue weighted by Crippen LogP contribution is 2.49. The number of nitrogens with zero attached hydrogens (tertiary/aromatic N) is 1. The van der Waals surface area contributed by atoms with E-state index in [1.807, 2.05) is 32.0 Å². The summed E-state index contributed by atoms with van der Waals surface area (Å²) in [5, 5.41) is 0. The minimum atomic E-state index is -2.02. The number of hydrogen-bond acceptors (Lipinski definition) is 5. The first-order valence-electron chi connectivity index (χ1n) is 10.1. The summed E-state index contributed by atoms with van der Waals surface area (Å²) < 4.78 is 18.3. The zero-order chi connectivity index (χ0) is 19.1. The van der Waals surface area contributed by atoms with E-state index in [1.165, 1.54) is 0 Å². The Morgan fingerprint density at radius 2 is 1.81 bits per heavy atom. The summed E-state index contributed by atoms with van der Waals surface area (Å²) >= 11 is 0. The third kappa shape index (κ3) is 2.88. The van der Waals surface area contributed by atoms with E-state index < -0.39 is 6.69 Å². The van der Waals surface area contributed by atoms with Crippen LogP contribution in [0.25, 0.3) is 0 Å². The molecule has 2 aliphatic heterocycles. The largest absolute Gasteiger partial charge is 0.600 e. The second-order valence-electron chi connectivity index (χ2n) is 8.35. The Hall–Kier alpha value is -1.86. The van der Waals surface area contributed by atoms with E-state index in [4.69, 9.17) is 14.0 Å². The standard InChI is InChI=1S/C20H28BNO5/c1-3-15(2)21-22(12-19(23)26-21,13-20(24)27-21)17-10-7-11-18(17)25-14-16-8-5-4-6-9-16/h4-6,8-9,15,17-18H,3,7,10-14H2,1-2H3/t15-,17-,18-,21?,22?/m0/s1. The van der Waals surface area contributed by atoms with Gasteiger partial charge >= 0.3 is 18.6 Å². The third-order valence-corrected chi connectivity index (χ3v) is 6.91. The summed E-state index contributed by atoms with van der Waals surface area (Å²) in [6.45, 7) is 3.02. The molecule has 27 heavy (non-hydrogen) atoms. The van der Waals surface area contributed by atoms with Crippen molar-refractivity contribution in [2.75, 3.05) is 13.1 Å². The van der Waals surface area contributed by atoms with Crippen molar-refractivity contribution in [1.29, 1.82) is 0 Å². The van der Waals surface area contributed by atoms with E-state index in [0.29, 0.717) is 11.0 Å². The zero-order valence-electron chi connectivity index (χ0n) is 16.1. The summed E-state index contributed by atoms with van der Waals surface area (Å²) in [5.74, 6) is -0.508. The number of rotatable bonds is 6. The number of carbonyl (C=O) groups excluding carboxylic acids is 2. The quantitative estimate of drug-likeness (QED) is 0.718. The number of benzene rings is 1. The van der Waals surface area contributed by atoms with Crippen LogP contribution in [0.15, 0.2) is 30.3 Å². The molecule has 1 aliphatic carbocycles. The predicted molar refractivity (Wildman–Crippen MR) is 100 cm³/mol. The second kappa shape index (κ2) is 6.95. The molecule has 6 nitrogen and oxygen atoms in total. The molecule has 0 aromatic heterocycles. The lowest BCUT2D eigenvalue weighted by Crippen LogP contribution is -2.70. The average Bonchev–Trinajstić information content (AvgIpc) is 3.30. The van der Waals surface area contributed by atoms with Gasteiger partial charge in [0, 0.05) is 0 Å². The van der Waals surface area contributed by atoms with Gasteiger partial charge < -0.3 is 18.4 Å². The maximum absolute atomic E-state index is 12.4. The minimum Gasteiger partial charge on any atom is -0.600 e. The van der Waals surface area contributed by atoms with Crippen LogP contribution in [0.5, 0.6) is 0 Å². The van der Waals surface area contributed by atoms with Gasteiger partial charge in [0.15, 0.2) is 0 Å². The van der Waals surface area contributed by atoms with E-state index in [-0.39, 0.29) is 43.0 Å². The van der Waals surface area contributed by atoms with Crippen molar-refractivity contribution in [1.82, 2.24) is 0 Å². The van der Waals surface area contributed by atoms with Gasteiger partial charge in [0.1, 0.15) is 19.2 Å². The van der Waals surface area contributed by atoms with Crippen LogP contribution in [-0.4, -0.2) is 48.3 Å². The lowest BCUT2D eigenvalue weighted by molar-refractivity contribution is -0.846. The third-order valence-electron chi connectivity index (χ3n) is 6.91. The van der Waals surface area contributed by atoms with Gasteiger partial charge in [-0.15, -0.1) is 0 Å². The van der Waals surface area contributed by atoms with Crippen molar-refractivity contribution >= 4 is 18.6 Å². The van der Waals surface area contributed by atoms with E-state index in [1.54, 1.807) is 0 Å². The fourth-order valence-electron chi connectivity index (χ4n) is 5.48. The molecule has 1 aromatic carbocycles. The number of carbonyl (C=O) groups is 2. The molecule has 0 spiro atoms. The summed E-state index contributed by atoms with van der Waals surface area (Å²) in [4.78, 5) is 24.8. The fraction of sp³-hybridized carbons (Fsp3) is 0.600. The first kappa shape index (κ1) is 18.5. The molecule has 1 aromatic rings. The van der Waals surface area contributed by atoms with Gasteiger partial charge in [0.25, 0.3) is 0 Å². The van der Waals surface area contributed by atoms with Crippen molar-refractivity contribution in [2.45, 2.75) is 64.1 Å². The van der Waals surface area contributed by atoms with E-state index in [2.05, 4.69) is 12.1 Å². The number of ether oxygens (including phenoxy) is 1. The van der Waals surface area contributed by atoms with Crippen LogP contribution in [0.1, 0.15) is 45.1 Å². The smallest absolute Gasteiger partial charge is 0.587 e. The molecule has 0 unspecified atom stereocenters. The van der Waals surface area contributed by atoms with E-state index in [9.17, 15) is 9.59 Å². The van der Waals surface area contributed by atoms with Gasteiger partial charge in [0.2, 0.25) is 0 Å². The minimum absolute atomic E-state index is 0.000452. The van der Waals surface area contributed by atoms with Crippen LogP contribution < -0.4 is 0 Å². The molecule has 0 radical (unpaired) electrons. The van der Waals surface area contributed by atoms with Gasteiger partial charge in [-0.25, -0.2) is 0 Å². The first-order chi connectivity index (χ1) is 13.0. The fourth-order valence-corrected chi connectivity index (χ4v) is 5.48.